The van der Waals surface area contributed by atoms with Gasteiger partial charge in [-0.3, -0.25) is 0 Å². The lowest BCUT2D eigenvalue weighted by Crippen LogP contribution is -2.13. The Labute approximate surface area is 120 Å². The molecule has 0 heterocycles. The van der Waals surface area contributed by atoms with Crippen molar-refractivity contribution in [1.29, 1.82) is 0 Å². The highest BCUT2D eigenvalue weighted by Crippen LogP contribution is 2.33. The molecule has 0 heteroatoms. The molecule has 1 aliphatic carbocycles. The summed E-state index contributed by atoms with van der Waals surface area (Å²) in [5.74, 6) is 1.84. The minimum atomic E-state index is 0.914. The van der Waals surface area contributed by atoms with Crippen molar-refractivity contribution < 1.29 is 0 Å². The Kier molecular flexibility index (Phi) is 6.91. The molecule has 106 valence electrons. The van der Waals surface area contributed by atoms with Gasteiger partial charge < -0.3 is 0 Å². The van der Waals surface area contributed by atoms with Gasteiger partial charge in [-0.1, -0.05) is 63.1 Å². The SMILES string of the molecule is C=C(C)C=C(C=CC)C(=C)CCC1CCCC(C)C1. The zero-order valence-corrected chi connectivity index (χ0v) is 13.0. The maximum Gasteiger partial charge on any atom is -0.0231 e. The molecular formula is C19H30. The summed E-state index contributed by atoms with van der Waals surface area (Å²) in [5, 5.41) is 0. The molecule has 0 aromatic carbocycles. The first-order valence-corrected chi connectivity index (χ1v) is 7.71. The summed E-state index contributed by atoms with van der Waals surface area (Å²) in [5.41, 5.74) is 3.61. The Morgan fingerprint density at radius 3 is 2.58 bits per heavy atom. The summed E-state index contributed by atoms with van der Waals surface area (Å²) in [7, 11) is 0. The van der Waals surface area contributed by atoms with Crippen LogP contribution in [-0.2, 0) is 0 Å². The molecule has 0 spiro atoms. The van der Waals surface area contributed by atoms with Crippen LogP contribution in [0.2, 0.25) is 0 Å². The van der Waals surface area contributed by atoms with E-state index < -0.39 is 0 Å². The molecule has 0 aromatic heterocycles. The topological polar surface area (TPSA) is 0 Å². The zero-order valence-electron chi connectivity index (χ0n) is 13.0. The summed E-state index contributed by atoms with van der Waals surface area (Å²) >= 11 is 0. The van der Waals surface area contributed by atoms with Crippen LogP contribution in [0.1, 0.15) is 59.3 Å². The van der Waals surface area contributed by atoms with Crippen LogP contribution in [0.3, 0.4) is 0 Å². The van der Waals surface area contributed by atoms with Gasteiger partial charge in [0.1, 0.15) is 0 Å². The average Bonchev–Trinajstić information content (AvgIpc) is 2.35. The summed E-state index contributed by atoms with van der Waals surface area (Å²) in [6, 6.07) is 0. The van der Waals surface area contributed by atoms with Gasteiger partial charge in [0.15, 0.2) is 0 Å². The van der Waals surface area contributed by atoms with E-state index in [1.807, 2.05) is 6.92 Å². The molecule has 19 heavy (non-hydrogen) atoms. The fraction of sp³-hybridized carbons (Fsp3) is 0.579. The predicted molar refractivity (Wildman–Crippen MR) is 87.2 cm³/mol. The Balaban J connectivity index is 2.50. The Morgan fingerprint density at radius 2 is 2.00 bits per heavy atom. The highest BCUT2D eigenvalue weighted by atomic mass is 14.2. The van der Waals surface area contributed by atoms with Gasteiger partial charge in [-0.15, -0.1) is 0 Å². The van der Waals surface area contributed by atoms with Crippen LogP contribution in [0.4, 0.5) is 0 Å². The third-order valence-electron chi connectivity index (χ3n) is 4.06. The van der Waals surface area contributed by atoms with Gasteiger partial charge in [-0.05, 0) is 56.1 Å². The van der Waals surface area contributed by atoms with Crippen LogP contribution < -0.4 is 0 Å². The van der Waals surface area contributed by atoms with Gasteiger partial charge in [-0.2, -0.15) is 0 Å². The number of allylic oxidation sites excluding steroid dienone is 6. The van der Waals surface area contributed by atoms with E-state index in [9.17, 15) is 0 Å². The van der Waals surface area contributed by atoms with Crippen LogP contribution in [0.5, 0.6) is 0 Å². The number of hydrogen-bond donors (Lipinski definition) is 0. The lowest BCUT2D eigenvalue weighted by Gasteiger charge is -2.27. The fourth-order valence-corrected chi connectivity index (χ4v) is 3.06. The summed E-state index contributed by atoms with van der Waals surface area (Å²) in [4.78, 5) is 0. The van der Waals surface area contributed by atoms with Crippen molar-refractivity contribution in [2.75, 3.05) is 0 Å². The van der Waals surface area contributed by atoms with E-state index in [1.54, 1.807) is 0 Å². The van der Waals surface area contributed by atoms with Crippen LogP contribution in [0.25, 0.3) is 0 Å². The van der Waals surface area contributed by atoms with E-state index in [-0.39, 0.29) is 0 Å². The molecule has 1 aliphatic rings. The van der Waals surface area contributed by atoms with E-state index in [2.05, 4.69) is 45.2 Å². The Morgan fingerprint density at radius 1 is 1.26 bits per heavy atom. The Hall–Kier alpha value is -1.04. The molecule has 0 N–H and O–H groups in total. The van der Waals surface area contributed by atoms with Crippen LogP contribution in [0.15, 0.2) is 48.1 Å². The first-order chi connectivity index (χ1) is 9.02. The minimum Gasteiger partial charge on any atom is -0.0961 e. The van der Waals surface area contributed by atoms with Crippen molar-refractivity contribution in [3.05, 3.63) is 48.1 Å². The summed E-state index contributed by atoms with van der Waals surface area (Å²) < 4.78 is 0. The van der Waals surface area contributed by atoms with Crippen LogP contribution in [0, 0.1) is 11.8 Å². The van der Waals surface area contributed by atoms with Crippen molar-refractivity contribution >= 4 is 0 Å². The number of hydrogen-bond acceptors (Lipinski definition) is 0. The minimum absolute atomic E-state index is 0.914. The summed E-state index contributed by atoms with van der Waals surface area (Å²) in [6.07, 6.45) is 14.5. The highest BCUT2D eigenvalue weighted by Gasteiger charge is 2.18. The first kappa shape index (κ1) is 16.0. The highest BCUT2D eigenvalue weighted by molar-refractivity contribution is 5.41. The van der Waals surface area contributed by atoms with Gasteiger partial charge in [0, 0.05) is 0 Å². The third kappa shape index (κ3) is 6.09. The molecule has 0 saturated heterocycles. The smallest absolute Gasteiger partial charge is 0.0231 e. The molecule has 0 aromatic rings. The molecule has 0 amide bonds. The first-order valence-electron chi connectivity index (χ1n) is 7.71. The van der Waals surface area contributed by atoms with Gasteiger partial charge in [0.25, 0.3) is 0 Å². The van der Waals surface area contributed by atoms with Crippen molar-refractivity contribution in [2.24, 2.45) is 11.8 Å². The van der Waals surface area contributed by atoms with Crippen molar-refractivity contribution in [2.45, 2.75) is 59.3 Å². The molecule has 0 bridgehead atoms. The van der Waals surface area contributed by atoms with E-state index in [4.69, 9.17) is 0 Å². The predicted octanol–water partition coefficient (Wildman–Crippen LogP) is 6.23. The molecular weight excluding hydrogens is 228 g/mol. The monoisotopic (exact) mass is 258 g/mol. The molecule has 0 radical (unpaired) electrons. The molecule has 0 nitrogen and oxygen atoms in total. The molecule has 0 aliphatic heterocycles. The van der Waals surface area contributed by atoms with Gasteiger partial charge in [0.05, 0.1) is 0 Å². The van der Waals surface area contributed by atoms with Crippen LogP contribution in [-0.4, -0.2) is 0 Å². The van der Waals surface area contributed by atoms with E-state index >= 15 is 0 Å². The molecule has 2 atom stereocenters. The van der Waals surface area contributed by atoms with E-state index in [0.29, 0.717) is 0 Å². The largest absolute Gasteiger partial charge is 0.0961 e. The zero-order chi connectivity index (χ0) is 14.3. The van der Waals surface area contributed by atoms with Gasteiger partial charge in [-0.25, -0.2) is 0 Å². The standard InChI is InChI=1S/C19H30/c1-6-8-19(13-15(2)3)17(5)11-12-18-10-7-9-16(4)14-18/h6,8,13,16,18H,2,5,7,9-12,14H2,1,3-4H3. The maximum atomic E-state index is 4.27. The third-order valence-corrected chi connectivity index (χ3v) is 4.06. The second kappa shape index (κ2) is 8.19. The number of rotatable bonds is 6. The molecule has 1 saturated carbocycles. The van der Waals surface area contributed by atoms with E-state index in [1.165, 1.54) is 43.3 Å². The molecule has 2 unspecified atom stereocenters. The lowest BCUT2D eigenvalue weighted by atomic mass is 9.79. The van der Waals surface area contributed by atoms with Gasteiger partial charge >= 0.3 is 0 Å². The van der Waals surface area contributed by atoms with Crippen molar-refractivity contribution in [3.63, 3.8) is 0 Å². The van der Waals surface area contributed by atoms with Crippen LogP contribution >= 0.6 is 0 Å². The second-order valence-corrected chi connectivity index (χ2v) is 6.23. The molecule has 1 fully saturated rings. The van der Waals surface area contributed by atoms with Gasteiger partial charge in [0.2, 0.25) is 0 Å². The van der Waals surface area contributed by atoms with E-state index in [0.717, 1.165) is 23.8 Å². The second-order valence-electron chi connectivity index (χ2n) is 6.23. The summed E-state index contributed by atoms with van der Waals surface area (Å²) in [6.45, 7) is 14.7. The normalized spacial score (nSPS) is 24.7. The van der Waals surface area contributed by atoms with Crippen molar-refractivity contribution in [3.8, 4) is 0 Å². The quantitative estimate of drug-likeness (QED) is 0.495. The van der Waals surface area contributed by atoms with Crippen molar-refractivity contribution in [1.82, 2.24) is 0 Å². The average molecular weight is 258 g/mol. The fourth-order valence-electron chi connectivity index (χ4n) is 3.06. The Bertz CT molecular complexity index is 367. The lowest BCUT2D eigenvalue weighted by molar-refractivity contribution is 0.270. The maximum absolute atomic E-state index is 4.27. The molecule has 1 rings (SSSR count).